The molecule has 2 amide bonds. The van der Waals surface area contributed by atoms with E-state index >= 15 is 0 Å². The number of hydrogen-bond donors (Lipinski definition) is 0. The second kappa shape index (κ2) is 24.6. The maximum atomic E-state index is 14.4. The number of thioether (sulfide) groups is 1. The highest BCUT2D eigenvalue weighted by Crippen LogP contribution is 2.44. The number of amides is 2. The van der Waals surface area contributed by atoms with Gasteiger partial charge in [-0.05, 0) is 55.5 Å². The Labute approximate surface area is 434 Å². The third-order valence-electron chi connectivity index (χ3n) is 12.0. The lowest BCUT2D eigenvalue weighted by Gasteiger charge is -2.48. The first-order chi connectivity index (χ1) is 35.9. The Kier molecular flexibility index (Phi) is 18.1. The molecule has 0 aromatic heterocycles. The van der Waals surface area contributed by atoms with Crippen molar-refractivity contribution in [3.05, 3.63) is 138 Å². The lowest BCUT2D eigenvalue weighted by atomic mass is 9.88. The molecule has 3 aliphatic heterocycles. The predicted molar refractivity (Wildman–Crippen MR) is 257 cm³/mol. The van der Waals surface area contributed by atoms with Gasteiger partial charge in [-0.2, -0.15) is 0 Å². The fourth-order valence-electron chi connectivity index (χ4n) is 8.64. The van der Waals surface area contributed by atoms with Crippen LogP contribution in [0.1, 0.15) is 70.8 Å². The zero-order valence-corrected chi connectivity index (χ0v) is 42.2. The van der Waals surface area contributed by atoms with Gasteiger partial charge in [-0.15, -0.1) is 0 Å². The minimum atomic E-state index is -2.74. The number of nitrogens with zero attached hydrogens (tertiary/aromatic N) is 1. The lowest BCUT2D eigenvalue weighted by Crippen LogP contribution is -2.68. The molecule has 3 aliphatic rings. The summed E-state index contributed by atoms with van der Waals surface area (Å²) in [7, 11) is 0.979. The third kappa shape index (κ3) is 13.4. The summed E-state index contributed by atoms with van der Waals surface area (Å²) in [6.07, 6.45) is -15.6. The summed E-state index contributed by atoms with van der Waals surface area (Å²) in [6, 6.07) is 29.1. The number of aryl methyl sites for hydroxylation is 1. The number of benzene rings is 4. The van der Waals surface area contributed by atoms with E-state index < -0.39 is 140 Å². The molecule has 0 aliphatic carbocycles. The van der Waals surface area contributed by atoms with Crippen molar-refractivity contribution in [3.8, 4) is 0 Å². The second-order valence-electron chi connectivity index (χ2n) is 17.4. The molecule has 11 atom stereocenters. The quantitative estimate of drug-likeness (QED) is 0.0901. The van der Waals surface area contributed by atoms with Crippen LogP contribution in [-0.2, 0) is 76.1 Å². The van der Waals surface area contributed by atoms with Crippen LogP contribution in [0.4, 0.5) is 4.79 Å². The summed E-state index contributed by atoms with van der Waals surface area (Å²) in [4.78, 5) is 123. The Morgan fingerprint density at radius 1 is 0.680 bits per heavy atom. The van der Waals surface area contributed by atoms with Gasteiger partial charge in [-0.1, -0.05) is 84.1 Å². The largest absolute Gasteiger partial charge is 0.465 e. The van der Waals surface area contributed by atoms with Crippen molar-refractivity contribution in [2.75, 3.05) is 20.3 Å². The minimum Gasteiger partial charge on any atom is -0.465 e. The first-order valence-electron chi connectivity index (χ1n) is 23.4. The third-order valence-corrected chi connectivity index (χ3v) is 13.1. The summed E-state index contributed by atoms with van der Waals surface area (Å²) in [6.45, 7) is 4.36. The summed E-state index contributed by atoms with van der Waals surface area (Å²) in [5.41, 5.74) is -0.198. The Morgan fingerprint density at radius 3 is 1.69 bits per heavy atom. The molecule has 0 saturated carbocycles. The molecule has 0 N–H and O–H groups in total. The minimum absolute atomic E-state index is 0.0421. The molecule has 0 spiro atoms. The van der Waals surface area contributed by atoms with E-state index in [9.17, 15) is 43.2 Å². The van der Waals surface area contributed by atoms with Crippen LogP contribution in [0.5, 0.6) is 0 Å². The zero-order valence-electron chi connectivity index (χ0n) is 41.4. The van der Waals surface area contributed by atoms with Gasteiger partial charge in [0.25, 0.3) is 5.79 Å². The van der Waals surface area contributed by atoms with E-state index in [0.717, 1.165) is 52.1 Å². The van der Waals surface area contributed by atoms with Crippen molar-refractivity contribution in [2.45, 2.75) is 112 Å². The van der Waals surface area contributed by atoms with E-state index in [4.69, 9.17) is 52.1 Å². The predicted octanol–water partition coefficient (Wildman–Crippen LogP) is 5.33. The van der Waals surface area contributed by atoms with Crippen molar-refractivity contribution in [1.82, 2.24) is 4.90 Å². The highest BCUT2D eigenvalue weighted by molar-refractivity contribution is 7.99. The number of ether oxygens (including phenoxy) is 11. The number of carbonyl (C=O) groups is 9. The summed E-state index contributed by atoms with van der Waals surface area (Å²) in [5, 5.41) is 0. The molecular formula is C53H53NO20S. The Balaban J connectivity index is 1.37. The average molecular weight is 1060 g/mol. The van der Waals surface area contributed by atoms with Gasteiger partial charge < -0.3 is 52.1 Å². The number of rotatable bonds is 18. The summed E-state index contributed by atoms with van der Waals surface area (Å²) < 4.78 is 65.8. The fraction of sp³-hybridized carbons (Fsp3) is 0.377. The van der Waals surface area contributed by atoms with E-state index in [2.05, 4.69) is 0 Å². The van der Waals surface area contributed by atoms with Gasteiger partial charge >= 0.3 is 47.9 Å². The highest BCUT2D eigenvalue weighted by atomic mass is 32.2. The van der Waals surface area contributed by atoms with E-state index in [-0.39, 0.29) is 16.7 Å². The van der Waals surface area contributed by atoms with Crippen molar-refractivity contribution in [1.29, 1.82) is 0 Å². The highest BCUT2D eigenvalue weighted by Gasteiger charge is 2.65. The normalized spacial score (nSPS) is 24.7. The Morgan fingerprint density at radius 2 is 1.20 bits per heavy atom. The topological polar surface area (TPSA) is 258 Å². The lowest BCUT2D eigenvalue weighted by molar-refractivity contribution is -0.322. The molecule has 0 bridgehead atoms. The molecule has 7 rings (SSSR count). The van der Waals surface area contributed by atoms with E-state index in [0.29, 0.717) is 9.80 Å². The van der Waals surface area contributed by atoms with Gasteiger partial charge in [0.05, 0.1) is 36.8 Å². The molecular weight excluding hydrogens is 1000 g/mol. The van der Waals surface area contributed by atoms with Crippen molar-refractivity contribution >= 4 is 65.5 Å². The van der Waals surface area contributed by atoms with Crippen LogP contribution in [0.25, 0.3) is 0 Å². The number of imide groups is 1. The standard InChI is InChI=1S/C53H53NO20S/c1-29-22-24-37(25-23-29)75-50-46(73-49(61)36-20-14-9-15-21-36)45(72-48(60)35-18-12-8-13-19-35)43(71-47(59)34-16-10-7-11-17-34)40(69-50)28-66-53(51(62)64-6)26-38-41(54(30(2)55)52(63)70-38)44(74-53)42(68-33(5)58)39(67-32(4)57)27-65-31(3)56/h7-25,38-46,50H,26-28H2,1-6H3/t38-,39+,40+,41+,42+,43-,44+,45-,46+,50-,53+/m0/s1. The van der Waals surface area contributed by atoms with Crippen molar-refractivity contribution in [2.24, 2.45) is 0 Å². The molecule has 3 heterocycles. The van der Waals surface area contributed by atoms with Gasteiger partial charge in [0.2, 0.25) is 5.91 Å². The molecule has 4 aromatic carbocycles. The molecule has 75 heavy (non-hydrogen) atoms. The van der Waals surface area contributed by atoms with Crippen LogP contribution in [0, 0.1) is 6.92 Å². The molecule has 0 radical (unpaired) electrons. The SMILES string of the molecule is COC(=O)[C@@]1(OC[C@H]2O[C@@H](Sc3ccc(C)cc3)[C@H](OC(=O)c3ccccc3)[C@@H](OC(=O)c3ccccc3)[C@H]2OC(=O)c2ccccc2)C[C@@H]2OC(=O)N(C(C)=O)[C@H]2[C@H]([C@H](OC(C)=O)[C@@H](COC(C)=O)OC(C)=O)O1. The average Bonchev–Trinajstić information content (AvgIpc) is 3.75. The van der Waals surface area contributed by atoms with Crippen LogP contribution in [0.3, 0.4) is 0 Å². The number of esters is 7. The molecule has 396 valence electrons. The molecule has 0 unspecified atom stereocenters. The van der Waals surface area contributed by atoms with E-state index in [1.54, 1.807) is 66.7 Å². The maximum absolute atomic E-state index is 14.4. The molecule has 22 heteroatoms. The van der Waals surface area contributed by atoms with Gasteiger partial charge in [-0.25, -0.2) is 28.9 Å². The van der Waals surface area contributed by atoms with Crippen LogP contribution in [-0.4, -0.2) is 145 Å². The van der Waals surface area contributed by atoms with E-state index in [1.165, 1.54) is 36.4 Å². The number of fused-ring (bicyclic) bond motifs is 1. The Bertz CT molecular complexity index is 2730. The smallest absolute Gasteiger partial charge is 0.417 e. The van der Waals surface area contributed by atoms with Crippen molar-refractivity contribution in [3.63, 3.8) is 0 Å². The van der Waals surface area contributed by atoms with Crippen LogP contribution < -0.4 is 0 Å². The first kappa shape index (κ1) is 55.1. The molecule has 3 saturated heterocycles. The zero-order chi connectivity index (χ0) is 54.0. The molecule has 3 fully saturated rings. The monoisotopic (exact) mass is 1060 g/mol. The summed E-state index contributed by atoms with van der Waals surface area (Å²) >= 11 is 1.05. The van der Waals surface area contributed by atoms with Crippen LogP contribution in [0.15, 0.2) is 120 Å². The Hall–Kier alpha value is -7.66. The van der Waals surface area contributed by atoms with E-state index in [1.807, 2.05) is 19.1 Å². The number of hydrogen-bond acceptors (Lipinski definition) is 21. The number of carbonyl (C=O) groups excluding carboxylic acids is 9. The van der Waals surface area contributed by atoms with Gasteiger partial charge in [0, 0.05) is 32.6 Å². The summed E-state index contributed by atoms with van der Waals surface area (Å²) in [5.74, 6) is -10.4. The van der Waals surface area contributed by atoms with Gasteiger partial charge in [0.15, 0.2) is 30.5 Å². The van der Waals surface area contributed by atoms with Crippen LogP contribution in [0.2, 0.25) is 0 Å². The first-order valence-corrected chi connectivity index (χ1v) is 24.3. The van der Waals surface area contributed by atoms with Crippen LogP contribution >= 0.6 is 11.8 Å². The number of methoxy groups -OCH3 is 1. The van der Waals surface area contributed by atoms with Gasteiger partial charge in [0.1, 0.15) is 36.4 Å². The maximum Gasteiger partial charge on any atom is 0.417 e. The molecule has 21 nitrogen and oxygen atoms in total. The molecule has 4 aromatic rings. The second-order valence-corrected chi connectivity index (χ2v) is 18.5. The van der Waals surface area contributed by atoms with Crippen molar-refractivity contribution < 1.29 is 95.3 Å². The van der Waals surface area contributed by atoms with Gasteiger partial charge in [-0.3, -0.25) is 19.2 Å². The fourth-order valence-corrected chi connectivity index (χ4v) is 9.74.